The minimum absolute atomic E-state index is 0.205. The summed E-state index contributed by atoms with van der Waals surface area (Å²) in [6.07, 6.45) is 1.48. The minimum atomic E-state index is -0.205. The quantitative estimate of drug-likeness (QED) is 0.847. The van der Waals surface area contributed by atoms with Crippen molar-refractivity contribution in [3.8, 4) is 0 Å². The summed E-state index contributed by atoms with van der Waals surface area (Å²) in [6.45, 7) is 1.25. The largest absolute Gasteiger partial charge is 0.396 e. The summed E-state index contributed by atoms with van der Waals surface area (Å²) in [5.41, 5.74) is 7.61. The van der Waals surface area contributed by atoms with Crippen molar-refractivity contribution in [1.29, 1.82) is 0 Å². The predicted octanol–water partition coefficient (Wildman–Crippen LogP) is 0.868. The van der Waals surface area contributed by atoms with Gasteiger partial charge in [0, 0.05) is 32.9 Å². The van der Waals surface area contributed by atoms with Crippen LogP contribution in [0.25, 0.3) is 0 Å². The van der Waals surface area contributed by atoms with Crippen LogP contribution in [-0.2, 0) is 7.05 Å². The lowest BCUT2D eigenvalue weighted by atomic mass is 10.3. The van der Waals surface area contributed by atoms with Crippen LogP contribution in [0.15, 0.2) is 36.5 Å². The van der Waals surface area contributed by atoms with E-state index in [9.17, 15) is 4.79 Å². The molecule has 0 saturated heterocycles. The first kappa shape index (κ1) is 13.9. The Labute approximate surface area is 118 Å². The normalized spacial score (nSPS) is 10.3. The number of nitrogens with zero attached hydrogens (tertiary/aromatic N) is 3. The average molecular weight is 273 g/mol. The van der Waals surface area contributed by atoms with Gasteiger partial charge in [0.05, 0.1) is 11.9 Å². The molecule has 2 aromatic rings. The number of hydrogen-bond acceptors (Lipinski definition) is 4. The van der Waals surface area contributed by atoms with E-state index < -0.39 is 0 Å². The molecule has 0 bridgehead atoms. The molecule has 0 saturated carbocycles. The van der Waals surface area contributed by atoms with Crippen molar-refractivity contribution in [1.82, 2.24) is 15.1 Å². The molecule has 3 N–H and O–H groups in total. The zero-order valence-corrected chi connectivity index (χ0v) is 11.7. The van der Waals surface area contributed by atoms with Crippen molar-refractivity contribution >= 4 is 17.3 Å². The first-order chi connectivity index (χ1) is 9.59. The maximum absolute atomic E-state index is 12.0. The van der Waals surface area contributed by atoms with E-state index in [0.717, 1.165) is 5.69 Å². The Morgan fingerprint density at radius 3 is 2.70 bits per heavy atom. The van der Waals surface area contributed by atoms with Crippen LogP contribution in [0.3, 0.4) is 0 Å². The van der Waals surface area contributed by atoms with Crippen molar-refractivity contribution in [3.05, 3.63) is 42.2 Å². The average Bonchev–Trinajstić information content (AvgIpc) is 2.79. The van der Waals surface area contributed by atoms with Gasteiger partial charge < -0.3 is 16.0 Å². The molecule has 2 rings (SSSR count). The van der Waals surface area contributed by atoms with Crippen molar-refractivity contribution in [2.45, 2.75) is 0 Å². The van der Waals surface area contributed by atoms with E-state index in [1.54, 1.807) is 7.05 Å². The predicted molar refractivity (Wildman–Crippen MR) is 79.7 cm³/mol. The number of nitrogens with one attached hydrogen (secondary N) is 1. The lowest BCUT2D eigenvalue weighted by Crippen LogP contribution is -2.34. The molecule has 106 valence electrons. The molecule has 0 aliphatic rings. The molecule has 0 spiro atoms. The second kappa shape index (κ2) is 6.10. The topological polar surface area (TPSA) is 76.2 Å². The van der Waals surface area contributed by atoms with Crippen LogP contribution >= 0.6 is 0 Å². The van der Waals surface area contributed by atoms with Gasteiger partial charge in [-0.15, -0.1) is 0 Å². The van der Waals surface area contributed by atoms with Crippen molar-refractivity contribution in [2.24, 2.45) is 7.05 Å². The number of carbonyl (C=O) groups excluding carboxylic acids is 1. The summed E-state index contributed by atoms with van der Waals surface area (Å²) in [5, 5.41) is 6.79. The van der Waals surface area contributed by atoms with Crippen LogP contribution in [-0.4, -0.2) is 35.8 Å². The number of nitrogens with two attached hydrogens (primary N) is 1. The summed E-state index contributed by atoms with van der Waals surface area (Å²) >= 11 is 0. The molecule has 6 nitrogen and oxygen atoms in total. The number of nitrogen functional groups attached to an aromatic ring is 1. The molecule has 0 fully saturated rings. The van der Waals surface area contributed by atoms with Gasteiger partial charge in [0.15, 0.2) is 0 Å². The summed E-state index contributed by atoms with van der Waals surface area (Å²) in [6, 6.07) is 10.0. The number of anilines is 2. The van der Waals surface area contributed by atoms with E-state index >= 15 is 0 Å². The third-order valence-corrected chi connectivity index (χ3v) is 3.11. The smallest absolute Gasteiger partial charge is 0.271 e. The van der Waals surface area contributed by atoms with Gasteiger partial charge in [-0.3, -0.25) is 9.48 Å². The number of benzene rings is 1. The van der Waals surface area contributed by atoms with Crippen LogP contribution in [0, 0.1) is 0 Å². The molecule has 0 aliphatic heterocycles. The van der Waals surface area contributed by atoms with Gasteiger partial charge in [-0.25, -0.2) is 0 Å². The zero-order chi connectivity index (χ0) is 14.5. The Morgan fingerprint density at radius 1 is 1.40 bits per heavy atom. The maximum Gasteiger partial charge on any atom is 0.271 e. The van der Waals surface area contributed by atoms with E-state index in [4.69, 9.17) is 5.73 Å². The Balaban J connectivity index is 1.86. The van der Waals surface area contributed by atoms with Crippen molar-refractivity contribution in [2.75, 3.05) is 30.8 Å². The number of rotatable bonds is 5. The standard InChI is InChI=1S/C14H19N5O/c1-18(11-6-4-3-5-7-11)9-8-16-14(20)13-12(15)10-17-19(13)2/h3-7,10H,8-9,15H2,1-2H3,(H,16,20). The number of aromatic nitrogens is 2. The highest BCUT2D eigenvalue weighted by Gasteiger charge is 2.14. The molecular formula is C14H19N5O. The number of carbonyl (C=O) groups is 1. The third kappa shape index (κ3) is 3.09. The number of hydrogen-bond donors (Lipinski definition) is 2. The van der Waals surface area contributed by atoms with Crippen LogP contribution < -0.4 is 16.0 Å². The highest BCUT2D eigenvalue weighted by molar-refractivity contribution is 5.97. The first-order valence-electron chi connectivity index (χ1n) is 6.41. The molecule has 1 aromatic carbocycles. The summed E-state index contributed by atoms with van der Waals surface area (Å²) < 4.78 is 1.48. The van der Waals surface area contributed by atoms with Gasteiger partial charge in [-0.05, 0) is 12.1 Å². The number of aryl methyl sites for hydroxylation is 1. The number of para-hydroxylation sites is 1. The molecule has 1 aromatic heterocycles. The highest BCUT2D eigenvalue weighted by atomic mass is 16.2. The van der Waals surface area contributed by atoms with Crippen LogP contribution in [0.4, 0.5) is 11.4 Å². The molecule has 1 heterocycles. The van der Waals surface area contributed by atoms with Gasteiger partial charge in [0.2, 0.25) is 0 Å². The van der Waals surface area contributed by atoms with E-state index in [1.807, 2.05) is 37.4 Å². The Kier molecular flexibility index (Phi) is 4.24. The highest BCUT2D eigenvalue weighted by Crippen LogP contribution is 2.10. The molecular weight excluding hydrogens is 254 g/mol. The zero-order valence-electron chi connectivity index (χ0n) is 11.7. The van der Waals surface area contributed by atoms with Crippen LogP contribution in [0.5, 0.6) is 0 Å². The molecule has 1 amide bonds. The van der Waals surface area contributed by atoms with Crippen molar-refractivity contribution < 1.29 is 4.79 Å². The fourth-order valence-electron chi connectivity index (χ4n) is 1.97. The maximum atomic E-state index is 12.0. The Bertz CT molecular complexity index is 559. The van der Waals surface area contributed by atoms with Gasteiger partial charge in [0.25, 0.3) is 5.91 Å². The second-order valence-corrected chi connectivity index (χ2v) is 4.59. The Hall–Kier alpha value is -2.50. The lowest BCUT2D eigenvalue weighted by Gasteiger charge is -2.19. The van der Waals surface area contributed by atoms with Gasteiger partial charge in [0.1, 0.15) is 5.69 Å². The van der Waals surface area contributed by atoms with Crippen LogP contribution in [0.1, 0.15) is 10.5 Å². The molecule has 6 heteroatoms. The second-order valence-electron chi connectivity index (χ2n) is 4.59. The van der Waals surface area contributed by atoms with Crippen LogP contribution in [0.2, 0.25) is 0 Å². The summed E-state index contributed by atoms with van der Waals surface area (Å²) in [7, 11) is 3.68. The fraction of sp³-hybridized carbons (Fsp3) is 0.286. The summed E-state index contributed by atoms with van der Waals surface area (Å²) in [4.78, 5) is 14.1. The monoisotopic (exact) mass is 273 g/mol. The fourth-order valence-corrected chi connectivity index (χ4v) is 1.97. The minimum Gasteiger partial charge on any atom is -0.396 e. The van der Waals surface area contributed by atoms with E-state index in [0.29, 0.717) is 24.5 Å². The van der Waals surface area contributed by atoms with Gasteiger partial charge >= 0.3 is 0 Å². The van der Waals surface area contributed by atoms with Crippen molar-refractivity contribution in [3.63, 3.8) is 0 Å². The molecule has 20 heavy (non-hydrogen) atoms. The molecule has 0 atom stereocenters. The van der Waals surface area contributed by atoms with E-state index in [2.05, 4.69) is 15.3 Å². The van der Waals surface area contributed by atoms with E-state index in [-0.39, 0.29) is 5.91 Å². The molecule has 0 radical (unpaired) electrons. The van der Waals surface area contributed by atoms with E-state index in [1.165, 1.54) is 10.9 Å². The lowest BCUT2D eigenvalue weighted by molar-refractivity contribution is 0.0946. The number of likely N-dealkylation sites (N-methyl/N-ethyl adjacent to an activating group) is 1. The first-order valence-corrected chi connectivity index (χ1v) is 6.41. The van der Waals surface area contributed by atoms with Gasteiger partial charge in [-0.2, -0.15) is 5.10 Å². The molecule has 0 aliphatic carbocycles. The third-order valence-electron chi connectivity index (χ3n) is 3.11. The Morgan fingerprint density at radius 2 is 2.10 bits per heavy atom. The molecule has 0 unspecified atom stereocenters. The SMILES string of the molecule is CN(CCNC(=O)c1c(N)cnn1C)c1ccccc1. The summed E-state index contributed by atoms with van der Waals surface area (Å²) in [5.74, 6) is -0.205. The number of amides is 1. The van der Waals surface area contributed by atoms with Gasteiger partial charge in [-0.1, -0.05) is 18.2 Å².